The first-order valence-electron chi connectivity index (χ1n) is 6.01. The lowest BCUT2D eigenvalue weighted by Gasteiger charge is -2.22. The number of nitrogens with zero attached hydrogens (tertiary/aromatic N) is 3. The zero-order valence-electron chi connectivity index (χ0n) is 9.69. The zero-order chi connectivity index (χ0) is 11.4. The Labute approximate surface area is 111 Å². The maximum absolute atomic E-state index is 4.40. The molecule has 1 saturated heterocycles. The van der Waals surface area contributed by atoms with Gasteiger partial charge in [-0.05, 0) is 47.8 Å². The third-order valence-corrected chi connectivity index (χ3v) is 4.13. The fraction of sp³-hybridized carbons (Fsp3) is 0.667. The van der Waals surface area contributed by atoms with Crippen LogP contribution >= 0.6 is 22.6 Å². The second kappa shape index (κ2) is 5.80. The quantitative estimate of drug-likeness (QED) is 0.780. The first kappa shape index (κ1) is 12.1. The molecule has 1 aliphatic heterocycles. The van der Waals surface area contributed by atoms with E-state index in [1.165, 1.54) is 25.7 Å². The third-order valence-electron chi connectivity index (χ3n) is 3.37. The molecule has 0 N–H and O–H groups in total. The monoisotopic (exact) mass is 331 g/mol. The highest BCUT2D eigenvalue weighted by Crippen LogP contribution is 2.25. The van der Waals surface area contributed by atoms with Crippen LogP contribution in [0.4, 0.5) is 5.82 Å². The summed E-state index contributed by atoms with van der Waals surface area (Å²) in [6.07, 6.45) is 8.82. The molecule has 0 radical (unpaired) electrons. The molecule has 4 heteroatoms. The normalized spacial score (nSPS) is 21.9. The summed E-state index contributed by atoms with van der Waals surface area (Å²) >= 11 is 2.32. The third kappa shape index (κ3) is 2.84. The van der Waals surface area contributed by atoms with Gasteiger partial charge in [0.1, 0.15) is 12.1 Å². The van der Waals surface area contributed by atoms with Crippen molar-refractivity contribution in [3.05, 3.63) is 16.1 Å². The Kier molecular flexibility index (Phi) is 4.37. The smallest absolute Gasteiger partial charge is 0.145 e. The van der Waals surface area contributed by atoms with Gasteiger partial charge in [0, 0.05) is 19.3 Å². The van der Waals surface area contributed by atoms with E-state index >= 15 is 0 Å². The summed E-state index contributed by atoms with van der Waals surface area (Å²) in [5.41, 5.74) is 0. The first-order valence-corrected chi connectivity index (χ1v) is 7.09. The summed E-state index contributed by atoms with van der Waals surface area (Å²) in [5.74, 6) is 2.02. The molecule has 0 spiro atoms. The highest BCUT2D eigenvalue weighted by atomic mass is 127. The molecule has 0 saturated carbocycles. The molecule has 88 valence electrons. The number of anilines is 1. The van der Waals surface area contributed by atoms with Crippen LogP contribution < -0.4 is 4.90 Å². The summed E-state index contributed by atoms with van der Waals surface area (Å²) in [5, 5.41) is 0. The summed E-state index contributed by atoms with van der Waals surface area (Å²) < 4.78 is 1.16. The van der Waals surface area contributed by atoms with E-state index in [4.69, 9.17) is 0 Å². The van der Waals surface area contributed by atoms with Crippen LogP contribution in [-0.4, -0.2) is 23.1 Å². The van der Waals surface area contributed by atoms with Gasteiger partial charge in [0.15, 0.2) is 0 Å². The van der Waals surface area contributed by atoms with Crippen LogP contribution in [0.5, 0.6) is 0 Å². The summed E-state index contributed by atoms with van der Waals surface area (Å²) in [4.78, 5) is 10.9. The number of aromatic nitrogens is 2. The van der Waals surface area contributed by atoms with Crippen LogP contribution in [0.2, 0.25) is 0 Å². The minimum atomic E-state index is 0.907. The van der Waals surface area contributed by atoms with Crippen LogP contribution in [0.3, 0.4) is 0 Å². The summed E-state index contributed by atoms with van der Waals surface area (Å²) in [7, 11) is 0. The molecule has 1 unspecified atom stereocenters. The second-order valence-corrected chi connectivity index (χ2v) is 5.55. The predicted octanol–water partition coefficient (Wildman–Crippen LogP) is 3.10. The molecule has 2 heterocycles. The van der Waals surface area contributed by atoms with Crippen LogP contribution in [0, 0.1) is 9.49 Å². The van der Waals surface area contributed by atoms with Gasteiger partial charge in [-0.15, -0.1) is 0 Å². The molecule has 1 aromatic rings. The van der Waals surface area contributed by atoms with Crippen molar-refractivity contribution in [1.29, 1.82) is 0 Å². The average molecular weight is 331 g/mol. The van der Waals surface area contributed by atoms with E-state index in [0.29, 0.717) is 0 Å². The molecule has 0 bridgehead atoms. The van der Waals surface area contributed by atoms with Crippen molar-refractivity contribution >= 4 is 28.4 Å². The highest BCUT2D eigenvalue weighted by Gasteiger charge is 2.18. The lowest BCUT2D eigenvalue weighted by Crippen LogP contribution is -2.26. The zero-order valence-corrected chi connectivity index (χ0v) is 11.9. The molecule has 2 rings (SSSR count). The van der Waals surface area contributed by atoms with Gasteiger partial charge in [-0.3, -0.25) is 0 Å². The molecule has 0 aliphatic carbocycles. The van der Waals surface area contributed by atoms with Gasteiger partial charge >= 0.3 is 0 Å². The van der Waals surface area contributed by atoms with Crippen molar-refractivity contribution in [2.45, 2.75) is 32.6 Å². The Bertz CT molecular complexity index is 343. The minimum Gasteiger partial charge on any atom is -0.356 e. The maximum Gasteiger partial charge on any atom is 0.145 e. The van der Waals surface area contributed by atoms with Crippen LogP contribution in [0.15, 0.2) is 12.5 Å². The van der Waals surface area contributed by atoms with E-state index < -0.39 is 0 Å². The van der Waals surface area contributed by atoms with Crippen molar-refractivity contribution < 1.29 is 0 Å². The van der Waals surface area contributed by atoms with Gasteiger partial charge in [-0.2, -0.15) is 0 Å². The van der Waals surface area contributed by atoms with Crippen LogP contribution in [0.1, 0.15) is 32.6 Å². The second-order valence-electron chi connectivity index (χ2n) is 4.39. The van der Waals surface area contributed by atoms with E-state index in [0.717, 1.165) is 28.4 Å². The Hall–Kier alpha value is -0.390. The molecule has 1 fully saturated rings. The van der Waals surface area contributed by atoms with Crippen molar-refractivity contribution in [3.8, 4) is 0 Å². The van der Waals surface area contributed by atoms with E-state index in [1.54, 1.807) is 6.33 Å². The van der Waals surface area contributed by atoms with Gasteiger partial charge in [0.25, 0.3) is 0 Å². The summed E-state index contributed by atoms with van der Waals surface area (Å²) in [6.45, 7) is 4.59. The molecular formula is C12H18IN3. The van der Waals surface area contributed by atoms with Crippen molar-refractivity contribution in [2.75, 3.05) is 18.0 Å². The topological polar surface area (TPSA) is 29.0 Å². The Morgan fingerprint density at radius 1 is 1.44 bits per heavy atom. The van der Waals surface area contributed by atoms with Gasteiger partial charge in [-0.1, -0.05) is 13.3 Å². The van der Waals surface area contributed by atoms with Crippen LogP contribution in [0.25, 0.3) is 0 Å². The highest BCUT2D eigenvalue weighted by molar-refractivity contribution is 14.1. The summed E-state index contributed by atoms with van der Waals surface area (Å²) in [6, 6.07) is 0. The van der Waals surface area contributed by atoms with Gasteiger partial charge in [-0.25, -0.2) is 9.97 Å². The fourth-order valence-electron chi connectivity index (χ4n) is 2.32. The maximum atomic E-state index is 4.40. The van der Waals surface area contributed by atoms with Crippen molar-refractivity contribution in [1.82, 2.24) is 9.97 Å². The first-order chi connectivity index (χ1) is 7.81. The predicted molar refractivity (Wildman–Crippen MR) is 74.6 cm³/mol. The van der Waals surface area contributed by atoms with Gasteiger partial charge in [0.05, 0.1) is 3.57 Å². The SMILES string of the molecule is CCC1CCCN(c2ncncc2I)CC1. The largest absolute Gasteiger partial charge is 0.356 e. The Morgan fingerprint density at radius 3 is 3.06 bits per heavy atom. The van der Waals surface area contributed by atoms with E-state index in [-0.39, 0.29) is 0 Å². The van der Waals surface area contributed by atoms with E-state index in [1.807, 2.05) is 6.20 Å². The van der Waals surface area contributed by atoms with E-state index in [2.05, 4.69) is 44.4 Å². The van der Waals surface area contributed by atoms with Crippen LogP contribution in [-0.2, 0) is 0 Å². The number of halogens is 1. The molecular weight excluding hydrogens is 313 g/mol. The standard InChI is InChI=1S/C12H18IN3/c1-2-10-4-3-6-16(7-5-10)12-11(13)8-14-9-15-12/h8-10H,2-7H2,1H3. The number of rotatable bonds is 2. The molecule has 1 atom stereocenters. The molecule has 1 aromatic heterocycles. The average Bonchev–Trinajstić information content (AvgIpc) is 2.55. The van der Waals surface area contributed by atoms with Gasteiger partial charge < -0.3 is 4.90 Å². The van der Waals surface area contributed by atoms with Crippen molar-refractivity contribution in [2.24, 2.45) is 5.92 Å². The van der Waals surface area contributed by atoms with E-state index in [9.17, 15) is 0 Å². The fourth-order valence-corrected chi connectivity index (χ4v) is 2.97. The minimum absolute atomic E-state index is 0.907. The lowest BCUT2D eigenvalue weighted by atomic mass is 9.98. The molecule has 16 heavy (non-hydrogen) atoms. The molecule has 0 amide bonds. The molecule has 0 aromatic carbocycles. The molecule has 3 nitrogen and oxygen atoms in total. The van der Waals surface area contributed by atoms with Gasteiger partial charge in [0.2, 0.25) is 0 Å². The molecule has 1 aliphatic rings. The Balaban J connectivity index is 2.08. The lowest BCUT2D eigenvalue weighted by molar-refractivity contribution is 0.459. The number of hydrogen-bond acceptors (Lipinski definition) is 3. The van der Waals surface area contributed by atoms with Crippen molar-refractivity contribution in [3.63, 3.8) is 0 Å². The Morgan fingerprint density at radius 2 is 2.31 bits per heavy atom. The number of hydrogen-bond donors (Lipinski definition) is 0.